The topological polar surface area (TPSA) is 73.2 Å². The zero-order chi connectivity index (χ0) is 25.1. The lowest BCUT2D eigenvalue weighted by molar-refractivity contribution is -0.117. The molecule has 5 nitrogen and oxygen atoms in total. The number of anilines is 2. The van der Waals surface area contributed by atoms with Crippen molar-refractivity contribution in [3.63, 3.8) is 0 Å². The van der Waals surface area contributed by atoms with Gasteiger partial charge in [-0.15, -0.1) is 0 Å². The summed E-state index contributed by atoms with van der Waals surface area (Å²) in [6, 6.07) is 21.7. The number of hydrogen-bond donors (Lipinski definition) is 1. The third-order valence-corrected chi connectivity index (χ3v) is 7.39. The summed E-state index contributed by atoms with van der Waals surface area (Å²) in [6.07, 6.45) is 0.299. The van der Waals surface area contributed by atoms with E-state index >= 15 is 0 Å². The van der Waals surface area contributed by atoms with Crippen LogP contribution in [0.4, 0.5) is 11.4 Å². The highest BCUT2D eigenvalue weighted by molar-refractivity contribution is 8.05. The molecule has 1 aliphatic heterocycles. The molecule has 176 valence electrons. The Morgan fingerprint density at radius 3 is 2.29 bits per heavy atom. The third kappa shape index (κ3) is 5.54. The van der Waals surface area contributed by atoms with Gasteiger partial charge in [0.1, 0.15) is 16.7 Å². The lowest BCUT2D eigenvalue weighted by Gasteiger charge is -2.19. The first-order valence-electron chi connectivity index (χ1n) is 10.8. The van der Waals surface area contributed by atoms with Crippen molar-refractivity contribution in [2.45, 2.75) is 25.5 Å². The van der Waals surface area contributed by atoms with Crippen LogP contribution in [0.25, 0.3) is 0 Å². The molecule has 0 saturated carbocycles. The van der Waals surface area contributed by atoms with Gasteiger partial charge in [0, 0.05) is 21.4 Å². The van der Waals surface area contributed by atoms with Gasteiger partial charge in [-0.05, 0) is 68.3 Å². The number of amides is 2. The molecule has 0 spiro atoms. The number of halogens is 2. The molecule has 3 aromatic rings. The van der Waals surface area contributed by atoms with Crippen LogP contribution in [0.1, 0.15) is 16.7 Å². The molecule has 0 aliphatic carbocycles. The fraction of sp³-hybridized carbons (Fsp3) is 0.148. The van der Waals surface area contributed by atoms with E-state index in [0.29, 0.717) is 27.8 Å². The van der Waals surface area contributed by atoms with E-state index in [0.717, 1.165) is 16.7 Å². The van der Waals surface area contributed by atoms with Crippen molar-refractivity contribution in [3.05, 3.63) is 104 Å². The number of carbonyl (C=O) groups excluding carboxylic acids is 2. The second-order valence-corrected chi connectivity index (χ2v) is 10.2. The lowest BCUT2D eigenvalue weighted by Crippen LogP contribution is -2.31. The Kier molecular flexibility index (Phi) is 7.51. The first-order valence-corrected chi connectivity index (χ1v) is 12.4. The van der Waals surface area contributed by atoms with Gasteiger partial charge in [-0.25, -0.2) is 0 Å². The maximum Gasteiger partial charge on any atom is 0.269 e. The summed E-state index contributed by atoms with van der Waals surface area (Å²) in [4.78, 5) is 28.2. The average molecular weight is 522 g/mol. The maximum atomic E-state index is 13.6. The van der Waals surface area contributed by atoms with Crippen molar-refractivity contribution < 1.29 is 9.59 Å². The van der Waals surface area contributed by atoms with Crippen LogP contribution in [0.3, 0.4) is 0 Å². The van der Waals surface area contributed by atoms with Gasteiger partial charge in [0.2, 0.25) is 5.91 Å². The predicted octanol–water partition coefficient (Wildman–Crippen LogP) is 6.68. The molecule has 1 fully saturated rings. The second kappa shape index (κ2) is 10.6. The van der Waals surface area contributed by atoms with Gasteiger partial charge < -0.3 is 5.32 Å². The number of nitrogens with zero attached hydrogens (tertiary/aromatic N) is 2. The van der Waals surface area contributed by atoms with Crippen molar-refractivity contribution in [1.82, 2.24) is 0 Å². The Morgan fingerprint density at radius 2 is 1.66 bits per heavy atom. The fourth-order valence-corrected chi connectivity index (χ4v) is 5.33. The highest BCUT2D eigenvalue weighted by Gasteiger charge is 2.41. The van der Waals surface area contributed by atoms with Crippen molar-refractivity contribution >= 4 is 58.2 Å². The van der Waals surface area contributed by atoms with Crippen molar-refractivity contribution in [2.24, 2.45) is 0 Å². The van der Waals surface area contributed by atoms with E-state index in [1.165, 1.54) is 16.7 Å². The molecule has 3 aromatic carbocycles. The van der Waals surface area contributed by atoms with Crippen LogP contribution in [-0.2, 0) is 16.0 Å². The minimum absolute atomic E-state index is 0.135. The number of thioether (sulfide) groups is 1. The second-order valence-electron chi connectivity index (χ2n) is 8.17. The van der Waals surface area contributed by atoms with E-state index in [2.05, 4.69) is 5.32 Å². The predicted molar refractivity (Wildman–Crippen MR) is 143 cm³/mol. The first kappa shape index (κ1) is 24.9. The molecule has 2 amide bonds. The van der Waals surface area contributed by atoms with Gasteiger partial charge in [-0.1, -0.05) is 70.4 Å². The molecule has 1 heterocycles. The molecular formula is C27H21Cl2N3O2S. The van der Waals surface area contributed by atoms with Gasteiger partial charge in [-0.2, -0.15) is 5.26 Å². The summed E-state index contributed by atoms with van der Waals surface area (Å²) >= 11 is 13.7. The molecule has 35 heavy (non-hydrogen) atoms. The highest BCUT2D eigenvalue weighted by Crippen LogP contribution is 2.42. The number of nitrogens with one attached hydrogen (secondary N) is 1. The Bertz CT molecular complexity index is 1360. The van der Waals surface area contributed by atoms with Gasteiger partial charge in [-0.3, -0.25) is 14.5 Å². The molecule has 0 bridgehead atoms. The van der Waals surface area contributed by atoms with Crippen LogP contribution in [-0.4, -0.2) is 17.1 Å². The number of nitriles is 1. The first-order chi connectivity index (χ1) is 16.8. The van der Waals surface area contributed by atoms with E-state index in [4.69, 9.17) is 23.2 Å². The Hall–Kier alpha value is -3.24. The summed E-state index contributed by atoms with van der Waals surface area (Å²) in [6.45, 7) is 3.89. The zero-order valence-corrected chi connectivity index (χ0v) is 21.3. The summed E-state index contributed by atoms with van der Waals surface area (Å²) in [5.74, 6) is -0.814. The van der Waals surface area contributed by atoms with E-state index in [1.54, 1.807) is 42.5 Å². The van der Waals surface area contributed by atoms with Gasteiger partial charge >= 0.3 is 0 Å². The number of benzene rings is 3. The largest absolute Gasteiger partial charge is 0.321 e. The zero-order valence-electron chi connectivity index (χ0n) is 19.0. The maximum absolute atomic E-state index is 13.6. The van der Waals surface area contributed by atoms with E-state index in [-0.39, 0.29) is 16.5 Å². The number of rotatable bonds is 5. The quantitative estimate of drug-likeness (QED) is 0.300. The molecule has 1 unspecified atom stereocenters. The molecule has 1 N–H and O–H groups in total. The molecule has 8 heteroatoms. The van der Waals surface area contributed by atoms with Crippen LogP contribution in [0.15, 0.2) is 77.3 Å². The number of aryl methyl sites for hydroxylation is 2. The normalized spacial score (nSPS) is 16.7. The summed E-state index contributed by atoms with van der Waals surface area (Å²) in [7, 11) is 0. The van der Waals surface area contributed by atoms with Crippen LogP contribution < -0.4 is 10.2 Å². The van der Waals surface area contributed by atoms with Crippen molar-refractivity contribution in [1.29, 1.82) is 5.26 Å². The number of carbonyl (C=O) groups is 2. The lowest BCUT2D eigenvalue weighted by atomic mass is 10.1. The number of hydrogen-bond acceptors (Lipinski definition) is 4. The van der Waals surface area contributed by atoms with E-state index < -0.39 is 11.2 Å². The summed E-state index contributed by atoms with van der Waals surface area (Å²) < 4.78 is 0. The van der Waals surface area contributed by atoms with Crippen LogP contribution >= 0.6 is 35.0 Å². The van der Waals surface area contributed by atoms with E-state index in [9.17, 15) is 14.9 Å². The molecular weight excluding hydrogens is 501 g/mol. The Labute approximate surface area is 218 Å². The summed E-state index contributed by atoms with van der Waals surface area (Å²) in [5.41, 5.74) is 3.80. The van der Waals surface area contributed by atoms with Gasteiger partial charge in [0.05, 0.1) is 5.25 Å². The SMILES string of the molecule is Cc1ccc(NC(=O)C(C#N)=C2SC(Cc3cc(Cl)ccc3Cl)C(=O)N2c2ccc(C)cc2)cc1. The molecule has 1 atom stereocenters. The monoisotopic (exact) mass is 521 g/mol. The minimum atomic E-state index is -0.585. The average Bonchev–Trinajstić information content (AvgIpc) is 3.14. The van der Waals surface area contributed by atoms with Crippen LogP contribution in [0.5, 0.6) is 0 Å². The standard InChI is InChI=1S/C27H21Cl2N3O2S/c1-16-3-8-20(9-4-16)31-25(33)22(15-30)27-32(21-10-5-17(2)6-11-21)26(34)24(35-27)14-18-13-19(28)7-12-23(18)29/h3-13,24H,14H2,1-2H3,(H,31,33). The van der Waals surface area contributed by atoms with Crippen LogP contribution in [0, 0.1) is 25.2 Å². The van der Waals surface area contributed by atoms with Crippen molar-refractivity contribution in [2.75, 3.05) is 10.2 Å². The highest BCUT2D eigenvalue weighted by atomic mass is 35.5. The van der Waals surface area contributed by atoms with E-state index in [1.807, 2.05) is 44.2 Å². The molecule has 1 saturated heterocycles. The molecule has 0 radical (unpaired) electrons. The van der Waals surface area contributed by atoms with Crippen molar-refractivity contribution in [3.8, 4) is 6.07 Å². The molecule has 0 aromatic heterocycles. The van der Waals surface area contributed by atoms with Gasteiger partial charge in [0.15, 0.2) is 0 Å². The Balaban J connectivity index is 1.73. The fourth-order valence-electron chi connectivity index (χ4n) is 3.65. The Morgan fingerprint density at radius 1 is 1.03 bits per heavy atom. The smallest absolute Gasteiger partial charge is 0.269 e. The minimum Gasteiger partial charge on any atom is -0.321 e. The molecule has 4 rings (SSSR count). The van der Waals surface area contributed by atoms with Gasteiger partial charge in [0.25, 0.3) is 5.91 Å². The third-order valence-electron chi connectivity index (χ3n) is 5.52. The summed E-state index contributed by atoms with van der Waals surface area (Å²) in [5, 5.41) is 13.5. The molecule has 1 aliphatic rings. The van der Waals surface area contributed by atoms with Crippen LogP contribution in [0.2, 0.25) is 10.0 Å².